The molecule has 1 fully saturated rings. The number of rotatable bonds is 3. The standard InChI is InChI=1S/C17H21N3/c1-13(20-10-2-3-11-20)14-4-6-15(7-5-14)16-8-9-17(18)19-12-16/h4-9,12-13H,2-3,10-11H2,1H3,(H2,18,19). The summed E-state index contributed by atoms with van der Waals surface area (Å²) in [5.74, 6) is 0.563. The highest BCUT2D eigenvalue weighted by Gasteiger charge is 2.19. The van der Waals surface area contributed by atoms with Gasteiger partial charge in [0.25, 0.3) is 0 Å². The average Bonchev–Trinajstić information content (AvgIpc) is 3.02. The number of benzene rings is 1. The van der Waals surface area contributed by atoms with E-state index in [-0.39, 0.29) is 0 Å². The molecule has 1 aliphatic heterocycles. The van der Waals surface area contributed by atoms with Crippen molar-refractivity contribution in [2.45, 2.75) is 25.8 Å². The van der Waals surface area contributed by atoms with Crippen LogP contribution in [0.4, 0.5) is 5.82 Å². The van der Waals surface area contributed by atoms with E-state index in [2.05, 4.69) is 41.1 Å². The van der Waals surface area contributed by atoms with Crippen LogP contribution in [0, 0.1) is 0 Å². The van der Waals surface area contributed by atoms with Crippen LogP contribution in [0.2, 0.25) is 0 Å². The Hall–Kier alpha value is -1.87. The largest absolute Gasteiger partial charge is 0.384 e. The van der Waals surface area contributed by atoms with E-state index in [1.807, 2.05) is 18.3 Å². The molecule has 20 heavy (non-hydrogen) atoms. The number of nitrogens with two attached hydrogens (primary N) is 1. The Labute approximate surface area is 120 Å². The van der Waals surface area contributed by atoms with Gasteiger partial charge in [0.05, 0.1) is 0 Å². The zero-order valence-corrected chi connectivity index (χ0v) is 11.9. The fraction of sp³-hybridized carbons (Fsp3) is 0.353. The molecule has 3 nitrogen and oxygen atoms in total. The highest BCUT2D eigenvalue weighted by Crippen LogP contribution is 2.27. The number of anilines is 1. The Morgan fingerprint density at radius 1 is 1.00 bits per heavy atom. The zero-order valence-electron chi connectivity index (χ0n) is 11.9. The van der Waals surface area contributed by atoms with E-state index in [0.29, 0.717) is 11.9 Å². The minimum absolute atomic E-state index is 0.510. The maximum absolute atomic E-state index is 5.62. The summed E-state index contributed by atoms with van der Waals surface area (Å²) in [6.07, 6.45) is 4.49. The quantitative estimate of drug-likeness (QED) is 0.925. The molecule has 1 saturated heterocycles. The van der Waals surface area contributed by atoms with E-state index in [1.54, 1.807) is 0 Å². The van der Waals surface area contributed by atoms with Gasteiger partial charge in [-0.05, 0) is 56.1 Å². The average molecular weight is 267 g/mol. The topological polar surface area (TPSA) is 42.1 Å². The van der Waals surface area contributed by atoms with Gasteiger partial charge in [0.15, 0.2) is 0 Å². The lowest BCUT2D eigenvalue weighted by Gasteiger charge is -2.24. The molecule has 0 aliphatic carbocycles. The van der Waals surface area contributed by atoms with E-state index >= 15 is 0 Å². The molecular weight excluding hydrogens is 246 g/mol. The number of nitrogen functional groups attached to an aromatic ring is 1. The lowest BCUT2D eigenvalue weighted by Crippen LogP contribution is -2.23. The summed E-state index contributed by atoms with van der Waals surface area (Å²) in [6.45, 7) is 4.75. The van der Waals surface area contributed by atoms with Crippen LogP contribution in [0.25, 0.3) is 11.1 Å². The monoisotopic (exact) mass is 267 g/mol. The van der Waals surface area contributed by atoms with Crippen LogP contribution < -0.4 is 5.73 Å². The molecule has 1 atom stereocenters. The van der Waals surface area contributed by atoms with E-state index in [4.69, 9.17) is 5.73 Å². The molecule has 3 rings (SSSR count). The number of likely N-dealkylation sites (tertiary alicyclic amines) is 1. The van der Waals surface area contributed by atoms with Crippen molar-refractivity contribution >= 4 is 5.82 Å². The van der Waals surface area contributed by atoms with E-state index in [1.165, 1.54) is 37.1 Å². The predicted molar refractivity (Wildman–Crippen MR) is 83.3 cm³/mol. The van der Waals surface area contributed by atoms with Crippen molar-refractivity contribution in [1.29, 1.82) is 0 Å². The van der Waals surface area contributed by atoms with Crippen molar-refractivity contribution < 1.29 is 0 Å². The highest BCUT2D eigenvalue weighted by molar-refractivity contribution is 5.63. The van der Waals surface area contributed by atoms with Crippen molar-refractivity contribution in [2.24, 2.45) is 0 Å². The smallest absolute Gasteiger partial charge is 0.123 e. The molecule has 104 valence electrons. The summed E-state index contributed by atoms with van der Waals surface area (Å²) < 4.78 is 0. The van der Waals surface area contributed by atoms with Crippen LogP contribution in [0.1, 0.15) is 31.4 Å². The molecule has 2 heterocycles. The molecule has 2 aromatic rings. The predicted octanol–water partition coefficient (Wildman–Crippen LogP) is 3.49. The molecule has 1 aromatic carbocycles. The van der Waals surface area contributed by atoms with Crippen molar-refractivity contribution in [2.75, 3.05) is 18.8 Å². The number of hydrogen-bond acceptors (Lipinski definition) is 3. The maximum Gasteiger partial charge on any atom is 0.123 e. The Morgan fingerprint density at radius 3 is 2.25 bits per heavy atom. The van der Waals surface area contributed by atoms with Gasteiger partial charge < -0.3 is 5.73 Å². The summed E-state index contributed by atoms with van der Waals surface area (Å²) in [6, 6.07) is 13.2. The fourth-order valence-electron chi connectivity index (χ4n) is 2.87. The fourth-order valence-corrected chi connectivity index (χ4v) is 2.87. The van der Waals surface area contributed by atoms with Crippen molar-refractivity contribution in [3.63, 3.8) is 0 Å². The van der Waals surface area contributed by atoms with Gasteiger partial charge in [0.2, 0.25) is 0 Å². The molecule has 1 aromatic heterocycles. The number of nitrogens with zero attached hydrogens (tertiary/aromatic N) is 2. The first-order valence-corrected chi connectivity index (χ1v) is 7.30. The Balaban J connectivity index is 1.78. The molecule has 0 amide bonds. The van der Waals surface area contributed by atoms with Gasteiger partial charge in [-0.15, -0.1) is 0 Å². The minimum atomic E-state index is 0.510. The molecule has 0 spiro atoms. The van der Waals surface area contributed by atoms with Gasteiger partial charge in [-0.25, -0.2) is 4.98 Å². The molecule has 3 heteroatoms. The summed E-state index contributed by atoms with van der Waals surface area (Å²) in [5, 5.41) is 0. The Bertz CT molecular complexity index is 554. The summed E-state index contributed by atoms with van der Waals surface area (Å²) in [4.78, 5) is 6.70. The van der Waals surface area contributed by atoms with Crippen LogP contribution in [-0.2, 0) is 0 Å². The van der Waals surface area contributed by atoms with Crippen LogP contribution in [-0.4, -0.2) is 23.0 Å². The highest BCUT2D eigenvalue weighted by atomic mass is 15.2. The zero-order chi connectivity index (χ0) is 13.9. The summed E-state index contributed by atoms with van der Waals surface area (Å²) >= 11 is 0. The molecule has 0 saturated carbocycles. The van der Waals surface area contributed by atoms with Crippen LogP contribution in [0.3, 0.4) is 0 Å². The molecule has 0 radical (unpaired) electrons. The normalized spacial score (nSPS) is 17.2. The van der Waals surface area contributed by atoms with E-state index < -0.39 is 0 Å². The summed E-state index contributed by atoms with van der Waals surface area (Å²) in [5.41, 5.74) is 9.31. The van der Waals surface area contributed by atoms with E-state index in [0.717, 1.165) is 5.56 Å². The van der Waals surface area contributed by atoms with Crippen LogP contribution >= 0.6 is 0 Å². The second-order valence-electron chi connectivity index (χ2n) is 5.51. The van der Waals surface area contributed by atoms with Gasteiger partial charge >= 0.3 is 0 Å². The molecule has 1 aliphatic rings. The molecule has 1 unspecified atom stereocenters. The SMILES string of the molecule is CC(c1ccc(-c2ccc(N)nc2)cc1)N1CCCC1. The Kier molecular flexibility index (Phi) is 3.70. The number of pyridine rings is 1. The first kappa shape index (κ1) is 13.1. The second-order valence-corrected chi connectivity index (χ2v) is 5.51. The van der Waals surface area contributed by atoms with Crippen molar-refractivity contribution in [3.8, 4) is 11.1 Å². The van der Waals surface area contributed by atoms with Gasteiger partial charge in [0.1, 0.15) is 5.82 Å². The first-order valence-electron chi connectivity index (χ1n) is 7.30. The molecule has 2 N–H and O–H groups in total. The third-order valence-electron chi connectivity index (χ3n) is 4.20. The lowest BCUT2D eigenvalue weighted by molar-refractivity contribution is 0.263. The van der Waals surface area contributed by atoms with Crippen LogP contribution in [0.5, 0.6) is 0 Å². The molecule has 0 bridgehead atoms. The van der Waals surface area contributed by atoms with Crippen molar-refractivity contribution in [1.82, 2.24) is 9.88 Å². The van der Waals surface area contributed by atoms with Gasteiger partial charge in [0, 0.05) is 17.8 Å². The third-order valence-corrected chi connectivity index (χ3v) is 4.20. The van der Waals surface area contributed by atoms with Gasteiger partial charge in [-0.3, -0.25) is 4.90 Å². The summed E-state index contributed by atoms with van der Waals surface area (Å²) in [7, 11) is 0. The lowest BCUT2D eigenvalue weighted by atomic mass is 10.0. The van der Waals surface area contributed by atoms with Crippen molar-refractivity contribution in [3.05, 3.63) is 48.2 Å². The number of aromatic nitrogens is 1. The first-order chi connectivity index (χ1) is 9.74. The van der Waals surface area contributed by atoms with E-state index in [9.17, 15) is 0 Å². The molecular formula is C17H21N3. The Morgan fingerprint density at radius 2 is 1.65 bits per heavy atom. The number of hydrogen-bond donors (Lipinski definition) is 1. The maximum atomic E-state index is 5.62. The van der Waals surface area contributed by atoms with Gasteiger partial charge in [-0.2, -0.15) is 0 Å². The van der Waals surface area contributed by atoms with Gasteiger partial charge in [-0.1, -0.05) is 24.3 Å². The third kappa shape index (κ3) is 2.68. The minimum Gasteiger partial charge on any atom is -0.384 e. The van der Waals surface area contributed by atoms with Crippen LogP contribution in [0.15, 0.2) is 42.6 Å². The second kappa shape index (κ2) is 5.63.